The normalized spacial score (nSPS) is 10.7. The number of nitrogens with zero attached hydrogens (tertiary/aromatic N) is 1. The first kappa shape index (κ1) is 19.1. The van der Waals surface area contributed by atoms with Crippen LogP contribution in [0.1, 0.15) is 34.0 Å². The SMILES string of the molecule is Cc1[nH][nH]c(=O)c1C(c1cc([N+](=O)[O-])ccc1O)c1c(C)[nH][nH]c1=O.Cl. The number of benzene rings is 1. The van der Waals surface area contributed by atoms with Crippen molar-refractivity contribution in [2.24, 2.45) is 0 Å². The summed E-state index contributed by atoms with van der Waals surface area (Å²) < 4.78 is 0. The lowest BCUT2D eigenvalue weighted by Gasteiger charge is -2.17. The fourth-order valence-electron chi connectivity index (χ4n) is 2.95. The highest BCUT2D eigenvalue weighted by molar-refractivity contribution is 5.85. The number of phenolic OH excluding ortho intramolecular Hbond substituents is 1. The molecule has 0 unspecified atom stereocenters. The first-order chi connectivity index (χ1) is 11.8. The number of non-ortho nitro benzene ring substituents is 1. The molecule has 0 aliphatic carbocycles. The molecule has 0 bridgehead atoms. The summed E-state index contributed by atoms with van der Waals surface area (Å²) in [5, 5.41) is 31.6. The van der Waals surface area contributed by atoms with Crippen molar-refractivity contribution in [3.05, 3.63) is 77.1 Å². The second-order valence-electron chi connectivity index (χ2n) is 5.67. The van der Waals surface area contributed by atoms with Crippen molar-refractivity contribution in [3.63, 3.8) is 0 Å². The molecule has 0 aliphatic rings. The van der Waals surface area contributed by atoms with E-state index in [0.29, 0.717) is 11.4 Å². The quantitative estimate of drug-likeness (QED) is 0.341. The Morgan fingerprint density at radius 1 is 1.00 bits per heavy atom. The standard InChI is InChI=1S/C15H15N5O5.ClH/c1-6-11(14(22)18-16-6)13(12-7(2)17-19-15(12)23)9-5-8(20(24)25)3-4-10(9)21;/h3-5,13,21H,1-2H3,(H2,16,18,22)(H2,17,19,23);1H. The van der Waals surface area contributed by atoms with E-state index in [2.05, 4.69) is 20.4 Å². The molecule has 5 N–H and O–H groups in total. The zero-order chi connectivity index (χ0) is 18.3. The molecule has 3 rings (SSSR count). The molecular weight excluding hydrogens is 366 g/mol. The van der Waals surface area contributed by atoms with Crippen LogP contribution in [0.5, 0.6) is 5.75 Å². The number of nitro benzene ring substituents is 1. The minimum Gasteiger partial charge on any atom is -0.508 e. The monoisotopic (exact) mass is 381 g/mol. The zero-order valence-electron chi connectivity index (χ0n) is 13.7. The summed E-state index contributed by atoms with van der Waals surface area (Å²) in [6, 6.07) is 3.49. The average Bonchev–Trinajstić information content (AvgIpc) is 3.06. The van der Waals surface area contributed by atoms with Crippen molar-refractivity contribution < 1.29 is 10.0 Å². The number of halogens is 1. The van der Waals surface area contributed by atoms with Gasteiger partial charge in [-0.3, -0.25) is 29.9 Å². The molecule has 1 aromatic carbocycles. The number of phenols is 1. The number of aromatic hydroxyl groups is 1. The van der Waals surface area contributed by atoms with Crippen LogP contribution in [0.3, 0.4) is 0 Å². The Hall–Kier alpha value is -3.27. The molecule has 2 aromatic heterocycles. The predicted octanol–water partition coefficient (Wildman–Crippen LogP) is 1.55. The van der Waals surface area contributed by atoms with Gasteiger partial charge in [0.25, 0.3) is 16.8 Å². The fraction of sp³-hybridized carbons (Fsp3) is 0.200. The number of hydrogen-bond acceptors (Lipinski definition) is 5. The van der Waals surface area contributed by atoms with Gasteiger partial charge in [0.1, 0.15) is 5.75 Å². The molecule has 0 radical (unpaired) electrons. The van der Waals surface area contributed by atoms with E-state index in [0.717, 1.165) is 12.1 Å². The van der Waals surface area contributed by atoms with Gasteiger partial charge in [-0.1, -0.05) is 0 Å². The zero-order valence-corrected chi connectivity index (χ0v) is 14.6. The number of aromatic amines is 4. The fourth-order valence-corrected chi connectivity index (χ4v) is 2.95. The second kappa shape index (κ2) is 6.92. The van der Waals surface area contributed by atoms with E-state index in [-0.39, 0.29) is 40.5 Å². The van der Waals surface area contributed by atoms with Crippen LogP contribution in [0.4, 0.5) is 5.69 Å². The number of nitrogens with one attached hydrogen (secondary N) is 4. The highest BCUT2D eigenvalue weighted by atomic mass is 35.5. The van der Waals surface area contributed by atoms with Crippen molar-refractivity contribution in [1.29, 1.82) is 0 Å². The Morgan fingerprint density at radius 2 is 1.50 bits per heavy atom. The predicted molar refractivity (Wildman–Crippen MR) is 95.3 cm³/mol. The highest BCUT2D eigenvalue weighted by Crippen LogP contribution is 2.37. The highest BCUT2D eigenvalue weighted by Gasteiger charge is 2.31. The summed E-state index contributed by atoms with van der Waals surface area (Å²) in [5.74, 6) is -1.24. The largest absolute Gasteiger partial charge is 0.508 e. The summed E-state index contributed by atoms with van der Waals surface area (Å²) in [4.78, 5) is 35.1. The molecule has 0 saturated heterocycles. The molecule has 0 spiro atoms. The first-order valence-electron chi connectivity index (χ1n) is 7.32. The van der Waals surface area contributed by atoms with Gasteiger partial charge in [-0.2, -0.15) is 0 Å². The van der Waals surface area contributed by atoms with Crippen molar-refractivity contribution >= 4 is 18.1 Å². The molecule has 2 heterocycles. The van der Waals surface area contributed by atoms with E-state index in [4.69, 9.17) is 0 Å². The van der Waals surface area contributed by atoms with Crippen LogP contribution in [-0.4, -0.2) is 30.4 Å². The summed E-state index contributed by atoms with van der Waals surface area (Å²) in [6.07, 6.45) is 0. The minimum absolute atomic E-state index is 0. The van der Waals surface area contributed by atoms with Gasteiger partial charge in [0.05, 0.1) is 22.0 Å². The van der Waals surface area contributed by atoms with E-state index >= 15 is 0 Å². The minimum atomic E-state index is -0.982. The van der Waals surface area contributed by atoms with E-state index in [9.17, 15) is 24.8 Å². The Bertz CT molecular complexity index is 1020. The molecule has 0 saturated carbocycles. The molecule has 10 nitrogen and oxygen atoms in total. The first-order valence-corrected chi connectivity index (χ1v) is 7.32. The molecule has 0 fully saturated rings. The van der Waals surface area contributed by atoms with Gasteiger partial charge in [-0.15, -0.1) is 12.4 Å². The van der Waals surface area contributed by atoms with E-state index in [1.165, 1.54) is 6.07 Å². The maximum Gasteiger partial charge on any atom is 0.270 e. The van der Waals surface area contributed by atoms with Crippen LogP contribution < -0.4 is 11.1 Å². The Morgan fingerprint density at radius 3 is 1.88 bits per heavy atom. The number of aromatic nitrogens is 4. The lowest BCUT2D eigenvalue weighted by molar-refractivity contribution is -0.384. The van der Waals surface area contributed by atoms with Gasteiger partial charge in [0.15, 0.2) is 0 Å². The topological polar surface area (TPSA) is 161 Å². The van der Waals surface area contributed by atoms with E-state index in [1.807, 2.05) is 0 Å². The van der Waals surface area contributed by atoms with Crippen molar-refractivity contribution in [1.82, 2.24) is 20.4 Å². The molecule has 26 heavy (non-hydrogen) atoms. The smallest absolute Gasteiger partial charge is 0.270 e. The Labute approximate surface area is 151 Å². The molecule has 0 amide bonds. The lowest BCUT2D eigenvalue weighted by Crippen LogP contribution is -2.20. The maximum absolute atomic E-state index is 12.3. The maximum atomic E-state index is 12.3. The molecule has 0 atom stereocenters. The van der Waals surface area contributed by atoms with Crippen molar-refractivity contribution in [3.8, 4) is 5.75 Å². The third-order valence-corrected chi connectivity index (χ3v) is 4.13. The van der Waals surface area contributed by atoms with Crippen LogP contribution in [0.15, 0.2) is 27.8 Å². The van der Waals surface area contributed by atoms with Crippen LogP contribution in [0, 0.1) is 24.0 Å². The molecular formula is C15H16ClN5O5. The Kier molecular flexibility index (Phi) is 5.07. The number of nitro groups is 1. The summed E-state index contributed by atoms with van der Waals surface area (Å²) in [6.45, 7) is 3.26. The van der Waals surface area contributed by atoms with Gasteiger partial charge in [0, 0.05) is 29.1 Å². The van der Waals surface area contributed by atoms with E-state index < -0.39 is 22.0 Å². The summed E-state index contributed by atoms with van der Waals surface area (Å²) in [7, 11) is 0. The third kappa shape index (κ3) is 3.02. The van der Waals surface area contributed by atoms with Gasteiger partial charge in [-0.25, -0.2) is 0 Å². The number of aryl methyl sites for hydroxylation is 2. The Balaban J connectivity index is 0.00000243. The number of H-pyrrole nitrogens is 4. The number of hydrogen-bond donors (Lipinski definition) is 5. The van der Waals surface area contributed by atoms with Crippen LogP contribution in [-0.2, 0) is 0 Å². The van der Waals surface area contributed by atoms with Crippen molar-refractivity contribution in [2.45, 2.75) is 19.8 Å². The summed E-state index contributed by atoms with van der Waals surface area (Å²) in [5.41, 5.74) is 0.194. The third-order valence-electron chi connectivity index (χ3n) is 4.13. The lowest BCUT2D eigenvalue weighted by atomic mass is 9.84. The van der Waals surface area contributed by atoms with Crippen LogP contribution in [0.2, 0.25) is 0 Å². The average molecular weight is 382 g/mol. The van der Waals surface area contributed by atoms with Gasteiger partial charge >= 0.3 is 0 Å². The van der Waals surface area contributed by atoms with Gasteiger partial charge in [0.2, 0.25) is 0 Å². The summed E-state index contributed by atoms with van der Waals surface area (Å²) >= 11 is 0. The van der Waals surface area contributed by atoms with Crippen LogP contribution in [0.25, 0.3) is 0 Å². The molecule has 138 valence electrons. The molecule has 0 aliphatic heterocycles. The molecule has 11 heteroatoms. The number of rotatable bonds is 4. The van der Waals surface area contributed by atoms with Gasteiger partial charge < -0.3 is 15.3 Å². The second-order valence-corrected chi connectivity index (χ2v) is 5.67. The molecule has 3 aromatic rings. The van der Waals surface area contributed by atoms with Crippen LogP contribution >= 0.6 is 12.4 Å². The van der Waals surface area contributed by atoms with E-state index in [1.54, 1.807) is 13.8 Å². The van der Waals surface area contributed by atoms with Gasteiger partial charge in [-0.05, 0) is 19.9 Å². The van der Waals surface area contributed by atoms with Crippen molar-refractivity contribution in [2.75, 3.05) is 0 Å².